The molecular formula is C8H15NO3. The molecule has 2 N–H and O–H groups in total. The minimum atomic E-state index is -0.224. The largest absolute Gasteiger partial charge is 0.395 e. The highest BCUT2D eigenvalue weighted by atomic mass is 16.3. The monoisotopic (exact) mass is 173 g/mol. The Morgan fingerprint density at radius 2 is 1.75 bits per heavy atom. The molecule has 0 saturated heterocycles. The van der Waals surface area contributed by atoms with Gasteiger partial charge in [0, 0.05) is 18.7 Å². The number of carbonyl (C=O) groups is 1. The van der Waals surface area contributed by atoms with Crippen LogP contribution in [0.3, 0.4) is 0 Å². The van der Waals surface area contributed by atoms with Crippen LogP contribution in [0.4, 0.5) is 0 Å². The highest BCUT2D eigenvalue weighted by Crippen LogP contribution is 1.97. The van der Waals surface area contributed by atoms with Crippen molar-refractivity contribution in [2.24, 2.45) is 0 Å². The van der Waals surface area contributed by atoms with Crippen LogP contribution in [0, 0.1) is 0 Å². The van der Waals surface area contributed by atoms with Crippen LogP contribution in [-0.4, -0.2) is 47.3 Å². The second-order valence-corrected chi connectivity index (χ2v) is 2.52. The number of rotatable bonds is 5. The average molecular weight is 173 g/mol. The van der Waals surface area contributed by atoms with Gasteiger partial charge in [0.05, 0.1) is 13.2 Å². The minimum Gasteiger partial charge on any atom is -0.395 e. The van der Waals surface area contributed by atoms with E-state index in [2.05, 4.69) is 6.58 Å². The molecule has 0 fully saturated rings. The lowest BCUT2D eigenvalue weighted by Crippen LogP contribution is -2.36. The van der Waals surface area contributed by atoms with E-state index >= 15 is 0 Å². The van der Waals surface area contributed by atoms with Gasteiger partial charge in [-0.1, -0.05) is 6.58 Å². The first kappa shape index (κ1) is 11.1. The predicted octanol–water partition coefficient (Wildman–Crippen LogP) is -0.624. The summed E-state index contributed by atoms with van der Waals surface area (Å²) in [5.41, 5.74) is 0.414. The summed E-state index contributed by atoms with van der Waals surface area (Å²) in [5.74, 6) is -0.224. The van der Waals surface area contributed by atoms with E-state index in [1.807, 2.05) is 0 Å². The average Bonchev–Trinajstić information content (AvgIpc) is 2.03. The van der Waals surface area contributed by atoms with E-state index < -0.39 is 0 Å². The molecule has 0 aromatic carbocycles. The maximum atomic E-state index is 11.2. The van der Waals surface area contributed by atoms with Crippen LogP contribution in [-0.2, 0) is 4.79 Å². The van der Waals surface area contributed by atoms with E-state index in [1.165, 1.54) is 4.90 Å². The van der Waals surface area contributed by atoms with E-state index in [9.17, 15) is 4.79 Å². The lowest BCUT2D eigenvalue weighted by molar-refractivity contribution is -0.128. The smallest absolute Gasteiger partial charge is 0.249 e. The second-order valence-electron chi connectivity index (χ2n) is 2.52. The van der Waals surface area contributed by atoms with Crippen LogP contribution in [0.2, 0.25) is 0 Å². The fourth-order valence-corrected chi connectivity index (χ4v) is 0.826. The normalized spacial score (nSPS) is 9.58. The van der Waals surface area contributed by atoms with Crippen molar-refractivity contribution in [3.63, 3.8) is 0 Å². The van der Waals surface area contributed by atoms with Crippen molar-refractivity contribution in [3.8, 4) is 0 Å². The third-order valence-electron chi connectivity index (χ3n) is 1.39. The Labute approximate surface area is 72.1 Å². The Bertz CT molecular complexity index is 162. The van der Waals surface area contributed by atoms with Crippen molar-refractivity contribution in [2.75, 3.05) is 26.3 Å². The zero-order valence-electron chi connectivity index (χ0n) is 7.29. The van der Waals surface area contributed by atoms with Gasteiger partial charge in [-0.15, -0.1) is 0 Å². The molecule has 0 saturated carbocycles. The number of nitrogens with zero attached hydrogens (tertiary/aromatic N) is 1. The summed E-state index contributed by atoms with van der Waals surface area (Å²) in [7, 11) is 0. The van der Waals surface area contributed by atoms with Crippen molar-refractivity contribution >= 4 is 5.91 Å². The Hall–Kier alpha value is -0.870. The maximum absolute atomic E-state index is 11.2. The lowest BCUT2D eigenvalue weighted by Gasteiger charge is -2.20. The molecule has 0 heterocycles. The number of amides is 1. The third kappa shape index (κ3) is 3.50. The fourth-order valence-electron chi connectivity index (χ4n) is 0.826. The van der Waals surface area contributed by atoms with Crippen molar-refractivity contribution in [1.82, 2.24) is 4.90 Å². The summed E-state index contributed by atoms with van der Waals surface area (Å²) in [5, 5.41) is 17.2. The van der Waals surface area contributed by atoms with Gasteiger partial charge in [-0.3, -0.25) is 4.79 Å². The van der Waals surface area contributed by atoms with E-state index in [4.69, 9.17) is 10.2 Å². The SMILES string of the molecule is C=C(C)C(=O)N(CCO)CCO. The summed E-state index contributed by atoms with van der Waals surface area (Å²) in [6.07, 6.45) is 0. The third-order valence-corrected chi connectivity index (χ3v) is 1.39. The van der Waals surface area contributed by atoms with Crippen LogP contribution in [0.5, 0.6) is 0 Å². The van der Waals surface area contributed by atoms with Crippen molar-refractivity contribution in [2.45, 2.75) is 6.92 Å². The number of carbonyl (C=O) groups excluding carboxylic acids is 1. The summed E-state index contributed by atoms with van der Waals surface area (Å²) >= 11 is 0. The first-order chi connectivity index (χ1) is 5.63. The molecule has 0 aliphatic heterocycles. The van der Waals surface area contributed by atoms with Gasteiger partial charge in [-0.25, -0.2) is 0 Å². The first-order valence-electron chi connectivity index (χ1n) is 3.80. The van der Waals surface area contributed by atoms with E-state index in [-0.39, 0.29) is 32.2 Å². The van der Waals surface area contributed by atoms with Gasteiger partial charge < -0.3 is 15.1 Å². The van der Waals surface area contributed by atoms with Gasteiger partial charge >= 0.3 is 0 Å². The Morgan fingerprint density at radius 3 is 2.00 bits per heavy atom. The molecular weight excluding hydrogens is 158 g/mol. The highest BCUT2D eigenvalue weighted by Gasteiger charge is 2.11. The van der Waals surface area contributed by atoms with E-state index in [0.29, 0.717) is 5.57 Å². The fraction of sp³-hybridized carbons (Fsp3) is 0.625. The number of hydrogen-bond acceptors (Lipinski definition) is 3. The number of hydrogen-bond donors (Lipinski definition) is 2. The molecule has 0 spiro atoms. The standard InChI is InChI=1S/C8H15NO3/c1-7(2)8(12)9(3-5-10)4-6-11/h10-11H,1,3-6H2,2H3. The molecule has 0 atom stereocenters. The molecule has 0 aliphatic carbocycles. The van der Waals surface area contributed by atoms with Crippen molar-refractivity contribution in [3.05, 3.63) is 12.2 Å². The maximum Gasteiger partial charge on any atom is 0.249 e. The van der Waals surface area contributed by atoms with Gasteiger partial charge in [0.1, 0.15) is 0 Å². The molecule has 70 valence electrons. The van der Waals surface area contributed by atoms with Crippen LogP contribution in [0.15, 0.2) is 12.2 Å². The minimum absolute atomic E-state index is 0.0982. The van der Waals surface area contributed by atoms with Gasteiger partial charge in [-0.2, -0.15) is 0 Å². The zero-order valence-corrected chi connectivity index (χ0v) is 7.29. The Balaban J connectivity index is 4.08. The van der Waals surface area contributed by atoms with Crippen LogP contribution in [0.25, 0.3) is 0 Å². The van der Waals surface area contributed by atoms with E-state index in [1.54, 1.807) is 6.92 Å². The summed E-state index contributed by atoms with van der Waals surface area (Å²) in [4.78, 5) is 12.6. The molecule has 4 heteroatoms. The molecule has 0 bridgehead atoms. The van der Waals surface area contributed by atoms with Gasteiger partial charge in [0.25, 0.3) is 0 Å². The summed E-state index contributed by atoms with van der Waals surface area (Å²) < 4.78 is 0. The van der Waals surface area contributed by atoms with Crippen molar-refractivity contribution < 1.29 is 15.0 Å². The Morgan fingerprint density at radius 1 is 1.33 bits per heavy atom. The molecule has 0 aliphatic rings. The molecule has 1 amide bonds. The van der Waals surface area contributed by atoms with E-state index in [0.717, 1.165) is 0 Å². The molecule has 0 unspecified atom stereocenters. The van der Waals surface area contributed by atoms with Gasteiger partial charge in [0.2, 0.25) is 5.91 Å². The molecule has 4 nitrogen and oxygen atoms in total. The molecule has 0 rings (SSSR count). The molecule has 0 radical (unpaired) electrons. The predicted molar refractivity (Wildman–Crippen MR) is 45.6 cm³/mol. The second kappa shape index (κ2) is 5.74. The summed E-state index contributed by atoms with van der Waals surface area (Å²) in [6.45, 7) is 5.38. The summed E-state index contributed by atoms with van der Waals surface area (Å²) in [6, 6.07) is 0. The molecule has 0 aromatic heterocycles. The van der Waals surface area contributed by atoms with Crippen molar-refractivity contribution in [1.29, 1.82) is 0 Å². The molecule has 12 heavy (non-hydrogen) atoms. The zero-order chi connectivity index (χ0) is 9.56. The lowest BCUT2D eigenvalue weighted by atomic mass is 10.3. The topological polar surface area (TPSA) is 60.8 Å². The first-order valence-corrected chi connectivity index (χ1v) is 3.80. The number of aliphatic hydroxyl groups is 2. The van der Waals surface area contributed by atoms with Gasteiger partial charge in [-0.05, 0) is 6.92 Å². The van der Waals surface area contributed by atoms with Crippen LogP contribution >= 0.6 is 0 Å². The quantitative estimate of drug-likeness (QED) is 0.544. The van der Waals surface area contributed by atoms with Crippen LogP contribution < -0.4 is 0 Å². The van der Waals surface area contributed by atoms with Crippen LogP contribution in [0.1, 0.15) is 6.92 Å². The van der Waals surface area contributed by atoms with Gasteiger partial charge in [0.15, 0.2) is 0 Å². The Kier molecular flexibility index (Phi) is 5.32. The molecule has 0 aromatic rings. The number of aliphatic hydroxyl groups excluding tert-OH is 2. The highest BCUT2D eigenvalue weighted by molar-refractivity contribution is 5.92.